The molecule has 146 valence electrons. The van der Waals surface area contributed by atoms with Crippen molar-refractivity contribution >= 4 is 5.91 Å². The lowest BCUT2D eigenvalue weighted by Crippen LogP contribution is -2.51. The molecule has 3 atom stereocenters. The van der Waals surface area contributed by atoms with Crippen molar-refractivity contribution in [2.45, 2.75) is 39.3 Å². The third kappa shape index (κ3) is 4.36. The average Bonchev–Trinajstić information content (AvgIpc) is 3.21. The van der Waals surface area contributed by atoms with Crippen molar-refractivity contribution in [3.05, 3.63) is 47.6 Å². The topological polar surface area (TPSA) is 88.5 Å². The molecule has 2 aromatic rings. The molecule has 1 aliphatic heterocycles. The molecule has 1 saturated heterocycles. The van der Waals surface area contributed by atoms with Gasteiger partial charge >= 0.3 is 0 Å². The van der Waals surface area contributed by atoms with Crippen molar-refractivity contribution in [3.63, 3.8) is 0 Å². The minimum atomic E-state index is -0.290. The Labute approximate surface area is 160 Å². The number of hydrogen-bond acceptors (Lipinski definition) is 6. The van der Waals surface area contributed by atoms with Crippen LogP contribution in [-0.4, -0.2) is 52.0 Å². The Morgan fingerprint density at radius 2 is 1.85 bits per heavy atom. The van der Waals surface area contributed by atoms with E-state index in [-0.39, 0.29) is 23.9 Å². The third-order valence-electron chi connectivity index (χ3n) is 5.44. The van der Waals surface area contributed by atoms with Crippen LogP contribution in [-0.2, 0) is 11.2 Å². The summed E-state index contributed by atoms with van der Waals surface area (Å²) in [4.78, 5) is 21.5. The Kier molecular flexibility index (Phi) is 6.23. The van der Waals surface area contributed by atoms with Gasteiger partial charge in [0.2, 0.25) is 11.8 Å². The molecular formula is C20H29N5O2. The highest BCUT2D eigenvalue weighted by Gasteiger charge is 2.31. The minimum absolute atomic E-state index is 0.0547. The second-order valence-corrected chi connectivity index (χ2v) is 7.16. The Morgan fingerprint density at radius 3 is 2.44 bits per heavy atom. The molecule has 7 heteroatoms. The minimum Gasteiger partial charge on any atom is -0.340 e. The summed E-state index contributed by atoms with van der Waals surface area (Å²) in [5, 5.41) is 3.97. The number of amides is 1. The van der Waals surface area contributed by atoms with Gasteiger partial charge in [-0.05, 0) is 12.5 Å². The number of hydrogen-bond donors (Lipinski definition) is 1. The molecule has 1 aliphatic rings. The van der Waals surface area contributed by atoms with Crippen molar-refractivity contribution in [2.24, 2.45) is 11.7 Å². The zero-order chi connectivity index (χ0) is 19.4. The highest BCUT2D eigenvalue weighted by molar-refractivity contribution is 5.79. The fraction of sp³-hybridized carbons (Fsp3) is 0.550. The summed E-state index contributed by atoms with van der Waals surface area (Å²) in [5.41, 5.74) is 7.32. The quantitative estimate of drug-likeness (QED) is 0.837. The molecule has 7 nitrogen and oxygen atoms in total. The van der Waals surface area contributed by atoms with E-state index < -0.39 is 0 Å². The van der Waals surface area contributed by atoms with E-state index in [0.717, 1.165) is 30.9 Å². The average molecular weight is 371 g/mol. The predicted octanol–water partition coefficient (Wildman–Crippen LogP) is 2.17. The molecule has 0 spiro atoms. The number of carbonyl (C=O) groups excluding carboxylic acids is 1. The van der Waals surface area contributed by atoms with E-state index in [0.29, 0.717) is 19.0 Å². The number of rotatable bonds is 6. The van der Waals surface area contributed by atoms with Crippen LogP contribution >= 0.6 is 0 Å². The predicted molar refractivity (Wildman–Crippen MR) is 103 cm³/mol. The smallest absolute Gasteiger partial charge is 0.243 e. The van der Waals surface area contributed by atoms with Gasteiger partial charge in [-0.15, -0.1) is 0 Å². The van der Waals surface area contributed by atoms with Crippen molar-refractivity contribution in [1.29, 1.82) is 0 Å². The second-order valence-electron chi connectivity index (χ2n) is 7.16. The van der Waals surface area contributed by atoms with Gasteiger partial charge in [-0.2, -0.15) is 4.98 Å². The van der Waals surface area contributed by atoms with Gasteiger partial charge in [0, 0.05) is 38.6 Å². The Morgan fingerprint density at radius 1 is 1.19 bits per heavy atom. The first-order valence-electron chi connectivity index (χ1n) is 9.67. The fourth-order valence-electron chi connectivity index (χ4n) is 3.47. The molecule has 2 heterocycles. The monoisotopic (exact) mass is 371 g/mol. The van der Waals surface area contributed by atoms with Crippen LogP contribution in [0.1, 0.15) is 50.1 Å². The van der Waals surface area contributed by atoms with E-state index in [4.69, 9.17) is 10.3 Å². The lowest BCUT2D eigenvalue weighted by atomic mass is 9.94. The maximum absolute atomic E-state index is 12.9. The van der Waals surface area contributed by atoms with Gasteiger partial charge in [0.05, 0.1) is 12.0 Å². The molecule has 1 fully saturated rings. The van der Waals surface area contributed by atoms with Crippen LogP contribution < -0.4 is 5.73 Å². The van der Waals surface area contributed by atoms with Gasteiger partial charge in [0.15, 0.2) is 5.82 Å². The molecule has 1 amide bonds. The molecule has 1 aromatic carbocycles. The molecule has 0 saturated carbocycles. The highest BCUT2D eigenvalue weighted by atomic mass is 16.5. The van der Waals surface area contributed by atoms with Crippen molar-refractivity contribution < 1.29 is 9.32 Å². The zero-order valence-electron chi connectivity index (χ0n) is 16.3. The van der Waals surface area contributed by atoms with Crippen molar-refractivity contribution in [2.75, 3.05) is 26.2 Å². The normalized spacial score (nSPS) is 18.9. The Balaban J connectivity index is 1.55. The maximum Gasteiger partial charge on any atom is 0.243 e. The van der Waals surface area contributed by atoms with E-state index >= 15 is 0 Å². The van der Waals surface area contributed by atoms with Gasteiger partial charge in [-0.25, -0.2) is 0 Å². The largest absolute Gasteiger partial charge is 0.340 e. The lowest BCUT2D eigenvalue weighted by Gasteiger charge is -2.38. The maximum atomic E-state index is 12.9. The van der Waals surface area contributed by atoms with Gasteiger partial charge < -0.3 is 15.2 Å². The summed E-state index contributed by atoms with van der Waals surface area (Å²) in [7, 11) is 0. The molecule has 1 aromatic heterocycles. The van der Waals surface area contributed by atoms with E-state index in [1.54, 1.807) is 0 Å². The van der Waals surface area contributed by atoms with E-state index in [2.05, 4.69) is 22.0 Å². The second kappa shape index (κ2) is 8.63. The number of aromatic nitrogens is 2. The molecular weight excluding hydrogens is 342 g/mol. The van der Waals surface area contributed by atoms with Crippen LogP contribution in [0.5, 0.6) is 0 Å². The first-order valence-corrected chi connectivity index (χ1v) is 9.67. The van der Waals surface area contributed by atoms with Crippen LogP contribution in [0.3, 0.4) is 0 Å². The summed E-state index contributed by atoms with van der Waals surface area (Å²) in [5.74, 6) is 1.24. The Hall–Kier alpha value is -2.25. The van der Waals surface area contributed by atoms with Gasteiger partial charge in [-0.1, -0.05) is 49.3 Å². The molecule has 3 rings (SSSR count). The first-order chi connectivity index (χ1) is 13.0. The standard InChI is InChI=1S/C20H29N5O2/c1-4-17-22-19(27-23-17)15(3)24-10-12-25(13-11-24)20(26)14(2)18(21)16-8-6-5-7-9-16/h5-9,14-15,18H,4,10-13,21H2,1-3H3. The summed E-state index contributed by atoms with van der Waals surface area (Å²) >= 11 is 0. The number of benzene rings is 1. The van der Waals surface area contributed by atoms with Gasteiger partial charge in [0.25, 0.3) is 0 Å². The number of piperazine rings is 1. The molecule has 0 aliphatic carbocycles. The first kappa shape index (κ1) is 19.5. The molecule has 0 radical (unpaired) electrons. The van der Waals surface area contributed by atoms with Crippen LogP contribution in [0.25, 0.3) is 0 Å². The van der Waals surface area contributed by atoms with Gasteiger partial charge in [0.1, 0.15) is 0 Å². The highest BCUT2D eigenvalue weighted by Crippen LogP contribution is 2.24. The van der Waals surface area contributed by atoms with Crippen molar-refractivity contribution in [3.8, 4) is 0 Å². The lowest BCUT2D eigenvalue weighted by molar-refractivity contribution is -0.137. The Bertz CT molecular complexity index is 740. The van der Waals surface area contributed by atoms with Crippen molar-refractivity contribution in [1.82, 2.24) is 19.9 Å². The molecule has 2 N–H and O–H groups in total. The van der Waals surface area contributed by atoms with E-state index in [1.807, 2.05) is 49.1 Å². The van der Waals surface area contributed by atoms with Crippen LogP contribution in [0.2, 0.25) is 0 Å². The number of aryl methyl sites for hydroxylation is 1. The third-order valence-corrected chi connectivity index (χ3v) is 5.44. The molecule has 27 heavy (non-hydrogen) atoms. The summed E-state index contributed by atoms with van der Waals surface area (Å²) in [6, 6.07) is 9.57. The SMILES string of the molecule is CCc1noc(C(C)N2CCN(C(=O)C(C)C(N)c3ccccc3)CC2)n1. The van der Waals surface area contributed by atoms with Crippen LogP contribution in [0.4, 0.5) is 0 Å². The molecule has 3 unspecified atom stereocenters. The number of carbonyl (C=O) groups is 1. The van der Waals surface area contributed by atoms with Crippen LogP contribution in [0, 0.1) is 5.92 Å². The van der Waals surface area contributed by atoms with E-state index in [1.165, 1.54) is 0 Å². The fourth-order valence-corrected chi connectivity index (χ4v) is 3.47. The van der Waals surface area contributed by atoms with Crippen LogP contribution in [0.15, 0.2) is 34.9 Å². The molecule has 0 bridgehead atoms. The summed E-state index contributed by atoms with van der Waals surface area (Å²) in [6.45, 7) is 8.92. The summed E-state index contributed by atoms with van der Waals surface area (Å²) in [6.07, 6.45) is 0.762. The van der Waals surface area contributed by atoms with E-state index in [9.17, 15) is 4.79 Å². The zero-order valence-corrected chi connectivity index (χ0v) is 16.3. The summed E-state index contributed by atoms with van der Waals surface area (Å²) < 4.78 is 5.36. The number of nitrogens with two attached hydrogens (primary N) is 1. The number of nitrogens with zero attached hydrogens (tertiary/aromatic N) is 4. The van der Waals surface area contributed by atoms with Gasteiger partial charge in [-0.3, -0.25) is 9.69 Å².